The molecule has 2 aromatic carbocycles. The summed E-state index contributed by atoms with van der Waals surface area (Å²) >= 11 is 10.0. The molecule has 0 bridgehead atoms. The maximum absolute atomic E-state index is 13.5. The molecule has 0 saturated carbocycles. The van der Waals surface area contributed by atoms with Gasteiger partial charge in [0.25, 0.3) is 5.91 Å². The van der Waals surface area contributed by atoms with Crippen molar-refractivity contribution in [3.05, 3.63) is 87.7 Å². The van der Waals surface area contributed by atoms with E-state index in [2.05, 4.69) is 31.5 Å². The van der Waals surface area contributed by atoms with Gasteiger partial charge < -0.3 is 14.7 Å². The van der Waals surface area contributed by atoms with Crippen LogP contribution in [0.2, 0.25) is 5.02 Å². The van der Waals surface area contributed by atoms with E-state index in [9.17, 15) is 4.79 Å². The quantitative estimate of drug-likeness (QED) is 0.251. The number of nitrogens with one attached hydrogen (secondary N) is 1. The first kappa shape index (κ1) is 24.6. The first-order valence-electron chi connectivity index (χ1n) is 12.4. The average Bonchev–Trinajstić information content (AvgIpc) is 3.52. The Morgan fingerprint density at radius 2 is 1.84 bits per heavy atom. The van der Waals surface area contributed by atoms with Crippen LogP contribution in [0.25, 0.3) is 28.2 Å². The fourth-order valence-electron chi connectivity index (χ4n) is 4.86. The van der Waals surface area contributed by atoms with Crippen molar-refractivity contribution in [2.45, 2.75) is 25.8 Å². The molecule has 3 aromatic heterocycles. The Morgan fingerprint density at radius 1 is 1.11 bits per heavy atom. The Morgan fingerprint density at radius 3 is 2.61 bits per heavy atom. The summed E-state index contributed by atoms with van der Waals surface area (Å²) in [6.45, 7) is 3.02. The van der Waals surface area contributed by atoms with E-state index in [1.54, 1.807) is 17.6 Å². The van der Waals surface area contributed by atoms with Crippen LogP contribution in [0.15, 0.2) is 75.9 Å². The summed E-state index contributed by atoms with van der Waals surface area (Å²) in [4.78, 5) is 20.2. The molecule has 1 fully saturated rings. The topological polar surface area (TPSA) is 88.6 Å². The molecule has 0 spiro atoms. The van der Waals surface area contributed by atoms with Gasteiger partial charge in [-0.15, -0.1) is 0 Å². The van der Waals surface area contributed by atoms with E-state index in [0.717, 1.165) is 40.0 Å². The number of hydrogen-bond acceptors (Lipinski definition) is 6. The molecule has 0 aliphatic carbocycles. The molecular formula is C28H24BrClN6O2. The van der Waals surface area contributed by atoms with Crippen LogP contribution < -0.4 is 5.32 Å². The van der Waals surface area contributed by atoms with Gasteiger partial charge in [-0.2, -0.15) is 9.61 Å². The molecule has 1 N–H and O–H groups in total. The van der Waals surface area contributed by atoms with Crippen molar-refractivity contribution in [3.8, 4) is 22.5 Å². The van der Waals surface area contributed by atoms with Crippen molar-refractivity contribution in [1.29, 1.82) is 0 Å². The maximum atomic E-state index is 13.5. The maximum Gasteiger partial charge on any atom is 0.259 e. The molecule has 1 aliphatic heterocycles. The number of fused-ring (bicyclic) bond motifs is 1. The highest BCUT2D eigenvalue weighted by Crippen LogP contribution is 2.32. The summed E-state index contributed by atoms with van der Waals surface area (Å²) in [6.07, 6.45) is 3.30. The van der Waals surface area contributed by atoms with Crippen LogP contribution in [0.1, 0.15) is 29.0 Å². The van der Waals surface area contributed by atoms with Gasteiger partial charge in [-0.1, -0.05) is 65.3 Å². The Labute approximate surface area is 232 Å². The number of benzene rings is 2. The standard InChI is InChI=1S/C28H24BrClN6O2/c1-17-25(26(34-38-17)18-7-3-2-4-8-18)28(37)35-13-11-19(12-14-35)32-24-15-23(20-9-5-6-10-22(20)30)33-27-21(29)16-31-36(24)27/h2-10,15-16,19,32H,11-14H2,1H3. The number of amides is 1. The Balaban J connectivity index is 1.21. The minimum Gasteiger partial charge on any atom is -0.367 e. The molecule has 6 rings (SSSR count). The molecule has 8 nitrogen and oxygen atoms in total. The minimum atomic E-state index is -0.0515. The first-order chi connectivity index (χ1) is 18.5. The van der Waals surface area contributed by atoms with E-state index in [1.807, 2.05) is 65.6 Å². The van der Waals surface area contributed by atoms with E-state index in [0.29, 0.717) is 40.8 Å². The molecule has 1 amide bonds. The molecule has 0 radical (unpaired) electrons. The minimum absolute atomic E-state index is 0.0515. The van der Waals surface area contributed by atoms with Crippen LogP contribution in [-0.4, -0.2) is 49.7 Å². The molecule has 4 heterocycles. The molecule has 5 aromatic rings. The number of halogens is 2. The van der Waals surface area contributed by atoms with Crippen molar-refractivity contribution in [2.75, 3.05) is 18.4 Å². The molecule has 0 unspecified atom stereocenters. The molecule has 192 valence electrons. The van der Waals surface area contributed by atoms with Gasteiger partial charge in [-0.05, 0) is 41.8 Å². The zero-order valence-corrected chi connectivity index (χ0v) is 22.9. The van der Waals surface area contributed by atoms with E-state index in [-0.39, 0.29) is 11.9 Å². The zero-order valence-electron chi connectivity index (χ0n) is 20.6. The van der Waals surface area contributed by atoms with Gasteiger partial charge in [-0.3, -0.25) is 4.79 Å². The van der Waals surface area contributed by atoms with Crippen LogP contribution in [0, 0.1) is 6.92 Å². The van der Waals surface area contributed by atoms with Gasteiger partial charge in [0.1, 0.15) is 22.8 Å². The number of piperidine rings is 1. The molecule has 10 heteroatoms. The molecule has 1 aliphatic rings. The lowest BCUT2D eigenvalue weighted by Crippen LogP contribution is -2.42. The number of rotatable bonds is 5. The van der Waals surface area contributed by atoms with Crippen LogP contribution in [0.4, 0.5) is 5.82 Å². The summed E-state index contributed by atoms with van der Waals surface area (Å²) < 4.78 is 8.01. The average molecular weight is 592 g/mol. The number of carbonyl (C=O) groups is 1. The highest BCUT2D eigenvalue weighted by molar-refractivity contribution is 9.10. The Hall–Kier alpha value is -3.69. The van der Waals surface area contributed by atoms with Crippen molar-refractivity contribution < 1.29 is 9.32 Å². The second-order valence-electron chi connectivity index (χ2n) is 9.27. The number of carbonyl (C=O) groups excluding carboxylic acids is 1. The predicted molar refractivity (Wildman–Crippen MR) is 150 cm³/mol. The number of hydrogen-bond donors (Lipinski definition) is 1. The number of likely N-dealkylation sites (tertiary alicyclic amines) is 1. The zero-order chi connectivity index (χ0) is 26.2. The second kappa shape index (κ2) is 10.2. The SMILES string of the molecule is Cc1onc(-c2ccccc2)c1C(=O)N1CCC(Nc2cc(-c3ccccc3Cl)nc3c(Br)cnn23)CC1. The summed E-state index contributed by atoms with van der Waals surface area (Å²) in [7, 11) is 0. The van der Waals surface area contributed by atoms with Gasteiger partial charge in [-0.25, -0.2) is 4.98 Å². The molecule has 38 heavy (non-hydrogen) atoms. The van der Waals surface area contributed by atoms with Crippen LogP contribution >= 0.6 is 27.5 Å². The van der Waals surface area contributed by atoms with Crippen LogP contribution in [0.3, 0.4) is 0 Å². The van der Waals surface area contributed by atoms with E-state index in [4.69, 9.17) is 21.1 Å². The van der Waals surface area contributed by atoms with Crippen LogP contribution in [0.5, 0.6) is 0 Å². The summed E-state index contributed by atoms with van der Waals surface area (Å²) in [5.74, 6) is 1.30. The van der Waals surface area contributed by atoms with Crippen molar-refractivity contribution in [3.63, 3.8) is 0 Å². The first-order valence-corrected chi connectivity index (χ1v) is 13.5. The number of aryl methyl sites for hydroxylation is 1. The van der Waals surface area contributed by atoms with Gasteiger partial charge in [0.15, 0.2) is 5.65 Å². The highest BCUT2D eigenvalue weighted by Gasteiger charge is 2.29. The van der Waals surface area contributed by atoms with Crippen LogP contribution in [-0.2, 0) is 0 Å². The lowest BCUT2D eigenvalue weighted by Gasteiger charge is -2.33. The summed E-state index contributed by atoms with van der Waals surface area (Å²) in [5.41, 5.74) is 4.30. The lowest BCUT2D eigenvalue weighted by molar-refractivity contribution is 0.0717. The summed E-state index contributed by atoms with van der Waals surface area (Å²) in [6, 6.07) is 19.4. The monoisotopic (exact) mass is 590 g/mol. The smallest absolute Gasteiger partial charge is 0.259 e. The number of anilines is 1. The Bertz CT molecular complexity index is 1630. The van der Waals surface area contributed by atoms with Crippen molar-refractivity contribution in [2.24, 2.45) is 0 Å². The van der Waals surface area contributed by atoms with E-state index >= 15 is 0 Å². The normalized spacial score (nSPS) is 14.2. The van der Waals surface area contributed by atoms with Crippen molar-refractivity contribution >= 4 is 44.9 Å². The predicted octanol–water partition coefficient (Wildman–Crippen LogP) is 6.49. The fourth-order valence-corrected chi connectivity index (χ4v) is 5.44. The molecule has 1 saturated heterocycles. The Kier molecular flexibility index (Phi) is 6.63. The summed E-state index contributed by atoms with van der Waals surface area (Å²) in [5, 5.41) is 12.9. The third-order valence-electron chi connectivity index (χ3n) is 6.84. The number of nitrogens with zero attached hydrogens (tertiary/aromatic N) is 5. The van der Waals surface area contributed by atoms with Gasteiger partial charge >= 0.3 is 0 Å². The molecule has 0 atom stereocenters. The lowest BCUT2D eigenvalue weighted by atomic mass is 10.0. The fraction of sp³-hybridized carbons (Fsp3) is 0.214. The van der Waals surface area contributed by atoms with Gasteiger partial charge in [0, 0.05) is 41.3 Å². The second-order valence-corrected chi connectivity index (χ2v) is 10.5. The van der Waals surface area contributed by atoms with Gasteiger partial charge in [0.2, 0.25) is 0 Å². The molecular weight excluding hydrogens is 568 g/mol. The third-order valence-corrected chi connectivity index (χ3v) is 7.73. The van der Waals surface area contributed by atoms with Gasteiger partial charge in [0.05, 0.1) is 16.4 Å². The number of aromatic nitrogens is 4. The largest absolute Gasteiger partial charge is 0.367 e. The highest BCUT2D eigenvalue weighted by atomic mass is 79.9. The third kappa shape index (κ3) is 4.56. The van der Waals surface area contributed by atoms with E-state index in [1.165, 1.54) is 0 Å². The van der Waals surface area contributed by atoms with Crippen molar-refractivity contribution in [1.82, 2.24) is 24.7 Å². The van der Waals surface area contributed by atoms with E-state index < -0.39 is 0 Å².